The molecule has 7 nitrogen and oxygen atoms in total. The molecule has 0 aliphatic heterocycles. The second-order valence-electron chi connectivity index (χ2n) is 4.44. The van der Waals surface area contributed by atoms with E-state index in [1.807, 2.05) is 0 Å². The van der Waals surface area contributed by atoms with Gasteiger partial charge in [-0.2, -0.15) is 0 Å². The van der Waals surface area contributed by atoms with E-state index in [0.29, 0.717) is 0 Å². The Morgan fingerprint density at radius 2 is 2.05 bits per heavy atom. The summed E-state index contributed by atoms with van der Waals surface area (Å²) in [5.74, 6) is -0.542. The van der Waals surface area contributed by atoms with Gasteiger partial charge in [0.1, 0.15) is 5.69 Å². The van der Waals surface area contributed by atoms with E-state index in [9.17, 15) is 13.2 Å². The van der Waals surface area contributed by atoms with Gasteiger partial charge in [-0.25, -0.2) is 13.2 Å². The fourth-order valence-corrected chi connectivity index (χ4v) is 3.52. The zero-order valence-corrected chi connectivity index (χ0v) is 13.6. The van der Waals surface area contributed by atoms with Crippen molar-refractivity contribution in [2.45, 2.75) is 18.7 Å². The number of nitrogens with zero attached hydrogens (tertiary/aromatic N) is 1. The predicted octanol–water partition coefficient (Wildman–Crippen LogP) is 2.53. The summed E-state index contributed by atoms with van der Waals surface area (Å²) < 4.78 is 36.7. The molecule has 1 N–H and O–H groups in total. The summed E-state index contributed by atoms with van der Waals surface area (Å²) in [6.45, 7) is 2.98. The fourth-order valence-electron chi connectivity index (χ4n) is 1.94. The van der Waals surface area contributed by atoms with E-state index in [-0.39, 0.29) is 32.6 Å². The van der Waals surface area contributed by atoms with E-state index in [1.54, 1.807) is 0 Å². The largest absolute Gasteiger partial charge is 0.465 e. The highest BCUT2D eigenvalue weighted by Gasteiger charge is 2.26. The maximum Gasteiger partial charge on any atom is 0.339 e. The van der Waals surface area contributed by atoms with Gasteiger partial charge in [0, 0.05) is 5.02 Å². The third kappa shape index (κ3) is 3.07. The van der Waals surface area contributed by atoms with Gasteiger partial charge in [-0.3, -0.25) is 4.72 Å². The highest BCUT2D eigenvalue weighted by Crippen LogP contribution is 2.27. The van der Waals surface area contributed by atoms with Crippen LogP contribution in [-0.4, -0.2) is 26.7 Å². The number of rotatable bonds is 4. The molecule has 0 aliphatic rings. The molecule has 0 saturated carbocycles. The average molecular weight is 345 g/mol. The van der Waals surface area contributed by atoms with Crippen molar-refractivity contribution in [2.75, 3.05) is 11.8 Å². The minimum absolute atomic E-state index is 0.0133. The molecule has 0 aliphatic carbocycles. The summed E-state index contributed by atoms with van der Waals surface area (Å²) in [6, 6.07) is 4.16. The Kier molecular flexibility index (Phi) is 4.43. The summed E-state index contributed by atoms with van der Waals surface area (Å²) in [4.78, 5) is 11.6. The molecule has 2 aromatic rings. The van der Waals surface area contributed by atoms with Crippen molar-refractivity contribution in [1.29, 1.82) is 0 Å². The van der Waals surface area contributed by atoms with Crippen molar-refractivity contribution in [3.8, 4) is 0 Å². The smallest absolute Gasteiger partial charge is 0.339 e. The number of halogens is 1. The summed E-state index contributed by atoms with van der Waals surface area (Å²) in [7, 11) is -2.79. The number of carbonyl (C=O) groups is 1. The van der Waals surface area contributed by atoms with Gasteiger partial charge in [-0.1, -0.05) is 16.8 Å². The highest BCUT2D eigenvalue weighted by molar-refractivity contribution is 7.92. The molecule has 0 bridgehead atoms. The molecule has 0 amide bonds. The first kappa shape index (κ1) is 16.3. The number of nitrogens with one attached hydrogen (secondary N) is 1. The van der Waals surface area contributed by atoms with Crippen molar-refractivity contribution in [2.24, 2.45) is 0 Å². The lowest BCUT2D eigenvalue weighted by Gasteiger charge is -2.11. The van der Waals surface area contributed by atoms with Crippen LogP contribution in [0.4, 0.5) is 5.69 Å². The van der Waals surface area contributed by atoms with E-state index < -0.39 is 16.0 Å². The molecule has 1 heterocycles. The van der Waals surface area contributed by atoms with E-state index in [1.165, 1.54) is 39.2 Å². The van der Waals surface area contributed by atoms with Gasteiger partial charge in [0.15, 0.2) is 10.7 Å². The average Bonchev–Trinajstić information content (AvgIpc) is 2.77. The van der Waals surface area contributed by atoms with E-state index >= 15 is 0 Å². The maximum atomic E-state index is 12.5. The number of carbonyl (C=O) groups excluding carboxylic acids is 1. The Morgan fingerprint density at radius 1 is 1.36 bits per heavy atom. The number of esters is 1. The van der Waals surface area contributed by atoms with Gasteiger partial charge < -0.3 is 9.26 Å². The predicted molar refractivity (Wildman–Crippen MR) is 79.6 cm³/mol. The monoisotopic (exact) mass is 344 g/mol. The standard InChI is InChI=1S/C13H13ClN2O5S/c1-7-12(8(2)21-15-7)22(18,19)16-11-6-9(14)4-5-10(11)13(17)20-3/h4-6,16H,1-3H3. The molecule has 0 atom stereocenters. The molecule has 0 radical (unpaired) electrons. The molecule has 0 fully saturated rings. The van der Waals surface area contributed by atoms with Crippen LogP contribution in [0.2, 0.25) is 5.02 Å². The third-order valence-electron chi connectivity index (χ3n) is 2.87. The van der Waals surface area contributed by atoms with Crippen LogP contribution >= 0.6 is 11.6 Å². The molecular formula is C13H13ClN2O5S. The Hall–Kier alpha value is -2.06. The topological polar surface area (TPSA) is 98.5 Å². The lowest BCUT2D eigenvalue weighted by Crippen LogP contribution is -2.17. The molecule has 118 valence electrons. The molecule has 9 heteroatoms. The summed E-state index contributed by atoms with van der Waals surface area (Å²) >= 11 is 5.86. The third-order valence-corrected chi connectivity index (χ3v) is 4.71. The number of methoxy groups -OCH3 is 1. The second-order valence-corrected chi connectivity index (χ2v) is 6.50. The number of sulfonamides is 1. The number of hydrogen-bond donors (Lipinski definition) is 1. The van der Waals surface area contributed by atoms with Crippen molar-refractivity contribution in [3.05, 3.63) is 40.2 Å². The van der Waals surface area contributed by atoms with Crippen molar-refractivity contribution < 1.29 is 22.5 Å². The summed E-state index contributed by atoms with van der Waals surface area (Å²) in [6.07, 6.45) is 0. The minimum atomic E-state index is -3.99. The van der Waals surface area contributed by atoms with Crippen LogP contribution in [0.5, 0.6) is 0 Å². The Labute approximate surface area is 132 Å². The lowest BCUT2D eigenvalue weighted by atomic mass is 10.2. The zero-order valence-electron chi connectivity index (χ0n) is 12.0. The van der Waals surface area contributed by atoms with Gasteiger partial charge >= 0.3 is 5.97 Å². The number of ether oxygens (including phenoxy) is 1. The van der Waals surface area contributed by atoms with Gasteiger partial charge in [0.2, 0.25) is 0 Å². The Balaban J connectivity index is 2.51. The van der Waals surface area contributed by atoms with Gasteiger partial charge in [-0.05, 0) is 32.0 Å². The van der Waals surface area contributed by atoms with Crippen molar-refractivity contribution in [3.63, 3.8) is 0 Å². The number of aryl methyl sites for hydroxylation is 2. The maximum absolute atomic E-state index is 12.5. The normalized spacial score (nSPS) is 11.3. The Bertz CT molecular complexity index is 809. The van der Waals surface area contributed by atoms with Crippen molar-refractivity contribution in [1.82, 2.24) is 5.16 Å². The van der Waals surface area contributed by atoms with E-state index in [0.717, 1.165) is 0 Å². The van der Waals surface area contributed by atoms with Gasteiger partial charge in [0.25, 0.3) is 10.0 Å². The first-order valence-electron chi connectivity index (χ1n) is 6.10. The zero-order chi connectivity index (χ0) is 16.5. The van der Waals surface area contributed by atoms with Crippen molar-refractivity contribution >= 4 is 33.3 Å². The molecule has 2 rings (SSSR count). The highest BCUT2D eigenvalue weighted by atomic mass is 35.5. The van der Waals surface area contributed by atoms with Crippen LogP contribution in [0.25, 0.3) is 0 Å². The Morgan fingerprint density at radius 3 is 2.59 bits per heavy atom. The summed E-state index contributed by atoms with van der Waals surface area (Å²) in [5.41, 5.74) is 0.272. The fraction of sp³-hybridized carbons (Fsp3) is 0.231. The van der Waals surface area contributed by atoms with Gasteiger partial charge in [-0.15, -0.1) is 0 Å². The second kappa shape index (κ2) is 5.98. The van der Waals surface area contributed by atoms with Crippen LogP contribution in [0.15, 0.2) is 27.6 Å². The van der Waals surface area contributed by atoms with E-state index in [2.05, 4.69) is 14.6 Å². The van der Waals surface area contributed by atoms with Crippen LogP contribution in [0, 0.1) is 13.8 Å². The molecular weight excluding hydrogens is 332 g/mol. The lowest BCUT2D eigenvalue weighted by molar-refractivity contribution is 0.0602. The van der Waals surface area contributed by atoms with Crippen LogP contribution in [0.1, 0.15) is 21.8 Å². The first-order chi connectivity index (χ1) is 10.3. The first-order valence-corrected chi connectivity index (χ1v) is 7.96. The molecule has 1 aromatic heterocycles. The van der Waals surface area contributed by atoms with Crippen LogP contribution < -0.4 is 4.72 Å². The number of anilines is 1. The number of benzene rings is 1. The number of aromatic nitrogens is 1. The molecule has 0 saturated heterocycles. The van der Waals surface area contributed by atoms with Gasteiger partial charge in [0.05, 0.1) is 18.4 Å². The minimum Gasteiger partial charge on any atom is -0.465 e. The number of hydrogen-bond acceptors (Lipinski definition) is 6. The molecule has 0 unspecified atom stereocenters. The van der Waals surface area contributed by atoms with Crippen LogP contribution in [0.3, 0.4) is 0 Å². The van der Waals surface area contributed by atoms with E-state index in [4.69, 9.17) is 16.1 Å². The molecule has 22 heavy (non-hydrogen) atoms. The SMILES string of the molecule is COC(=O)c1ccc(Cl)cc1NS(=O)(=O)c1c(C)noc1C. The molecule has 0 spiro atoms. The van der Waals surface area contributed by atoms with Crippen LogP contribution in [-0.2, 0) is 14.8 Å². The summed E-state index contributed by atoms with van der Waals surface area (Å²) in [5, 5.41) is 3.87. The molecule has 1 aromatic carbocycles. The quantitative estimate of drug-likeness (QED) is 0.856.